The van der Waals surface area contributed by atoms with Gasteiger partial charge in [-0.25, -0.2) is 0 Å². The van der Waals surface area contributed by atoms with Gasteiger partial charge in [-0.05, 0) is 48.9 Å². The first kappa shape index (κ1) is 13.4. The molecule has 1 aromatic carbocycles. The monoisotopic (exact) mass is 246 g/mol. The van der Waals surface area contributed by atoms with Crippen LogP contribution in [0.15, 0.2) is 18.2 Å². The van der Waals surface area contributed by atoms with Gasteiger partial charge in [0, 0.05) is 25.3 Å². The van der Waals surface area contributed by atoms with E-state index < -0.39 is 0 Å². The molecular formula is C16H26N2. The van der Waals surface area contributed by atoms with Crippen molar-refractivity contribution in [2.24, 2.45) is 11.7 Å². The second-order valence-corrected chi connectivity index (χ2v) is 5.75. The number of hydrogen-bond acceptors (Lipinski definition) is 2. The Kier molecular flexibility index (Phi) is 4.28. The zero-order valence-corrected chi connectivity index (χ0v) is 11.9. The third-order valence-corrected chi connectivity index (χ3v) is 4.52. The summed E-state index contributed by atoms with van der Waals surface area (Å²) in [5.74, 6) is 0.804. The van der Waals surface area contributed by atoms with Crippen molar-refractivity contribution in [3.05, 3.63) is 29.3 Å². The number of hydrogen-bond donors (Lipinski definition) is 1. The highest BCUT2D eigenvalue weighted by Crippen LogP contribution is 2.31. The van der Waals surface area contributed by atoms with E-state index in [0.29, 0.717) is 12.6 Å². The van der Waals surface area contributed by atoms with Gasteiger partial charge in [-0.1, -0.05) is 25.8 Å². The fourth-order valence-electron chi connectivity index (χ4n) is 3.19. The predicted octanol–water partition coefficient (Wildman–Crippen LogP) is 3.47. The Labute approximate surface area is 111 Å². The summed E-state index contributed by atoms with van der Waals surface area (Å²) in [5, 5.41) is 0. The zero-order valence-electron chi connectivity index (χ0n) is 11.9. The van der Waals surface area contributed by atoms with Crippen LogP contribution in [0.1, 0.15) is 43.7 Å². The van der Waals surface area contributed by atoms with Crippen LogP contribution in [0.5, 0.6) is 0 Å². The Morgan fingerprint density at radius 2 is 2.00 bits per heavy atom. The SMILES string of the molecule is Cc1cc(N(C)C2CCCCC2C)ccc1CN. The maximum Gasteiger partial charge on any atom is 0.0369 e. The summed E-state index contributed by atoms with van der Waals surface area (Å²) in [7, 11) is 2.24. The quantitative estimate of drug-likeness (QED) is 0.885. The van der Waals surface area contributed by atoms with Crippen molar-refractivity contribution in [2.45, 2.75) is 52.1 Å². The summed E-state index contributed by atoms with van der Waals surface area (Å²) in [5.41, 5.74) is 9.63. The highest BCUT2D eigenvalue weighted by molar-refractivity contribution is 5.51. The van der Waals surface area contributed by atoms with Gasteiger partial charge in [0.1, 0.15) is 0 Å². The number of anilines is 1. The number of benzene rings is 1. The lowest BCUT2D eigenvalue weighted by atomic mass is 9.85. The van der Waals surface area contributed by atoms with Crippen molar-refractivity contribution in [3.8, 4) is 0 Å². The molecule has 0 aliphatic heterocycles. The zero-order chi connectivity index (χ0) is 13.1. The number of rotatable bonds is 3. The molecule has 0 amide bonds. The summed E-state index contributed by atoms with van der Waals surface area (Å²) in [4.78, 5) is 2.47. The summed E-state index contributed by atoms with van der Waals surface area (Å²) >= 11 is 0. The first-order valence-electron chi connectivity index (χ1n) is 7.16. The van der Waals surface area contributed by atoms with Crippen LogP contribution in [0.2, 0.25) is 0 Å². The molecule has 18 heavy (non-hydrogen) atoms. The first-order chi connectivity index (χ1) is 8.63. The summed E-state index contributed by atoms with van der Waals surface area (Å²) in [6.07, 6.45) is 5.47. The summed E-state index contributed by atoms with van der Waals surface area (Å²) in [6, 6.07) is 7.37. The largest absolute Gasteiger partial charge is 0.371 e. The molecule has 2 heteroatoms. The number of nitrogens with two attached hydrogens (primary N) is 1. The summed E-state index contributed by atoms with van der Waals surface area (Å²) in [6.45, 7) is 5.18. The topological polar surface area (TPSA) is 29.3 Å². The summed E-state index contributed by atoms with van der Waals surface area (Å²) < 4.78 is 0. The van der Waals surface area contributed by atoms with Crippen LogP contribution >= 0.6 is 0 Å². The molecule has 0 bridgehead atoms. The Balaban J connectivity index is 2.17. The van der Waals surface area contributed by atoms with Gasteiger partial charge in [-0.2, -0.15) is 0 Å². The van der Waals surface area contributed by atoms with Crippen LogP contribution in [-0.4, -0.2) is 13.1 Å². The van der Waals surface area contributed by atoms with Gasteiger partial charge in [0.15, 0.2) is 0 Å². The fraction of sp³-hybridized carbons (Fsp3) is 0.625. The van der Waals surface area contributed by atoms with E-state index in [1.807, 2.05) is 0 Å². The van der Waals surface area contributed by atoms with Gasteiger partial charge >= 0.3 is 0 Å². The van der Waals surface area contributed by atoms with Crippen LogP contribution in [0, 0.1) is 12.8 Å². The van der Waals surface area contributed by atoms with E-state index in [1.54, 1.807) is 0 Å². The Hall–Kier alpha value is -1.02. The second kappa shape index (κ2) is 5.75. The Morgan fingerprint density at radius 1 is 1.28 bits per heavy atom. The van der Waals surface area contributed by atoms with E-state index in [9.17, 15) is 0 Å². The maximum absolute atomic E-state index is 5.73. The third-order valence-electron chi connectivity index (χ3n) is 4.52. The van der Waals surface area contributed by atoms with Crippen LogP contribution < -0.4 is 10.6 Å². The number of aryl methyl sites for hydroxylation is 1. The van der Waals surface area contributed by atoms with E-state index in [2.05, 4.69) is 44.0 Å². The van der Waals surface area contributed by atoms with Crippen LogP contribution in [0.4, 0.5) is 5.69 Å². The Bertz CT molecular complexity index is 400. The van der Waals surface area contributed by atoms with Crippen molar-refractivity contribution in [1.29, 1.82) is 0 Å². The van der Waals surface area contributed by atoms with E-state index in [-0.39, 0.29) is 0 Å². The van der Waals surface area contributed by atoms with Gasteiger partial charge in [0.25, 0.3) is 0 Å². The average Bonchev–Trinajstić information content (AvgIpc) is 2.38. The minimum atomic E-state index is 0.635. The minimum absolute atomic E-state index is 0.635. The van der Waals surface area contributed by atoms with Gasteiger partial charge in [0.05, 0.1) is 0 Å². The molecule has 1 aliphatic carbocycles. The molecule has 100 valence electrons. The van der Waals surface area contributed by atoms with Crippen LogP contribution in [0.3, 0.4) is 0 Å². The second-order valence-electron chi connectivity index (χ2n) is 5.75. The standard InChI is InChI=1S/C16H26N2/c1-12-6-4-5-7-16(12)18(3)15-9-8-14(11-17)13(2)10-15/h8-10,12,16H,4-7,11,17H2,1-3H3. The molecule has 1 saturated carbocycles. The molecule has 1 fully saturated rings. The molecule has 2 rings (SSSR count). The lowest BCUT2D eigenvalue weighted by Gasteiger charge is -2.38. The molecule has 0 radical (unpaired) electrons. The molecular weight excluding hydrogens is 220 g/mol. The average molecular weight is 246 g/mol. The highest BCUT2D eigenvalue weighted by Gasteiger charge is 2.25. The lowest BCUT2D eigenvalue weighted by molar-refractivity contribution is 0.321. The van der Waals surface area contributed by atoms with Crippen molar-refractivity contribution in [1.82, 2.24) is 0 Å². The van der Waals surface area contributed by atoms with Gasteiger partial charge in [-0.15, -0.1) is 0 Å². The maximum atomic E-state index is 5.73. The lowest BCUT2D eigenvalue weighted by Crippen LogP contribution is -2.39. The van der Waals surface area contributed by atoms with E-state index >= 15 is 0 Å². The first-order valence-corrected chi connectivity index (χ1v) is 7.16. The number of nitrogens with zero attached hydrogens (tertiary/aromatic N) is 1. The molecule has 0 heterocycles. The van der Waals surface area contributed by atoms with Crippen molar-refractivity contribution in [2.75, 3.05) is 11.9 Å². The molecule has 1 aromatic rings. The predicted molar refractivity (Wildman–Crippen MR) is 78.9 cm³/mol. The van der Waals surface area contributed by atoms with Gasteiger partial charge in [0.2, 0.25) is 0 Å². The molecule has 2 unspecified atom stereocenters. The van der Waals surface area contributed by atoms with Crippen LogP contribution in [0.25, 0.3) is 0 Å². The van der Waals surface area contributed by atoms with Crippen molar-refractivity contribution >= 4 is 5.69 Å². The normalized spacial score (nSPS) is 24.0. The molecule has 2 nitrogen and oxygen atoms in total. The highest BCUT2D eigenvalue weighted by atomic mass is 15.1. The molecule has 0 spiro atoms. The minimum Gasteiger partial charge on any atom is -0.371 e. The van der Waals surface area contributed by atoms with E-state index in [4.69, 9.17) is 5.73 Å². The third kappa shape index (κ3) is 2.69. The van der Waals surface area contributed by atoms with Crippen LogP contribution in [-0.2, 0) is 6.54 Å². The fourth-order valence-corrected chi connectivity index (χ4v) is 3.19. The van der Waals surface area contributed by atoms with Gasteiger partial charge in [-0.3, -0.25) is 0 Å². The van der Waals surface area contributed by atoms with E-state index in [0.717, 1.165) is 5.92 Å². The molecule has 1 aliphatic rings. The smallest absolute Gasteiger partial charge is 0.0369 e. The Morgan fingerprint density at radius 3 is 2.61 bits per heavy atom. The molecule has 0 saturated heterocycles. The van der Waals surface area contributed by atoms with E-state index in [1.165, 1.54) is 42.5 Å². The molecule has 2 atom stereocenters. The molecule has 0 aromatic heterocycles. The van der Waals surface area contributed by atoms with Crippen molar-refractivity contribution < 1.29 is 0 Å². The molecule has 2 N–H and O–H groups in total. The van der Waals surface area contributed by atoms with Crippen molar-refractivity contribution in [3.63, 3.8) is 0 Å². The van der Waals surface area contributed by atoms with Gasteiger partial charge < -0.3 is 10.6 Å².